The highest BCUT2D eigenvalue weighted by atomic mass is 32.2. The predicted octanol–water partition coefficient (Wildman–Crippen LogP) is 3.64. The number of carbonyl (C=O) groups excluding carboxylic acids is 1. The maximum absolute atomic E-state index is 12.1. The minimum absolute atomic E-state index is 0.0456. The SMILES string of the molecule is O=C(CSc1ccc([N+](=O)[O-])cc1)Nc1ccnn1C1CCCC1. The molecule has 0 radical (unpaired) electrons. The second-order valence-corrected chi connectivity index (χ2v) is 6.74. The lowest BCUT2D eigenvalue weighted by atomic mass is 10.2. The number of hydrogen-bond acceptors (Lipinski definition) is 5. The van der Waals surface area contributed by atoms with Crippen LogP contribution >= 0.6 is 11.8 Å². The average molecular weight is 346 g/mol. The molecule has 24 heavy (non-hydrogen) atoms. The van der Waals surface area contributed by atoms with Crippen molar-refractivity contribution in [2.24, 2.45) is 0 Å². The Balaban J connectivity index is 1.54. The van der Waals surface area contributed by atoms with Crippen LogP contribution in [0, 0.1) is 10.1 Å². The van der Waals surface area contributed by atoms with Gasteiger partial charge in [0.1, 0.15) is 5.82 Å². The summed E-state index contributed by atoms with van der Waals surface area (Å²) >= 11 is 1.34. The van der Waals surface area contributed by atoms with Crippen LogP contribution in [-0.4, -0.2) is 26.4 Å². The molecule has 8 heteroatoms. The van der Waals surface area contributed by atoms with Crippen molar-refractivity contribution in [3.8, 4) is 0 Å². The Kier molecular flexibility index (Phi) is 5.14. The molecule has 0 spiro atoms. The van der Waals surface area contributed by atoms with Crippen LogP contribution in [0.1, 0.15) is 31.7 Å². The van der Waals surface area contributed by atoms with E-state index in [4.69, 9.17) is 0 Å². The molecule has 0 unspecified atom stereocenters. The van der Waals surface area contributed by atoms with Gasteiger partial charge in [0.2, 0.25) is 5.91 Å². The number of rotatable bonds is 6. The van der Waals surface area contributed by atoms with Gasteiger partial charge < -0.3 is 5.32 Å². The van der Waals surface area contributed by atoms with Gasteiger partial charge in [0, 0.05) is 23.1 Å². The van der Waals surface area contributed by atoms with E-state index in [0.29, 0.717) is 6.04 Å². The van der Waals surface area contributed by atoms with Crippen molar-refractivity contribution in [3.05, 3.63) is 46.6 Å². The lowest BCUT2D eigenvalue weighted by Gasteiger charge is -2.14. The molecule has 1 aromatic heterocycles. The molecule has 0 bridgehead atoms. The first kappa shape index (κ1) is 16.5. The van der Waals surface area contributed by atoms with Crippen molar-refractivity contribution in [3.63, 3.8) is 0 Å². The Morgan fingerprint density at radius 3 is 2.67 bits per heavy atom. The van der Waals surface area contributed by atoms with Crippen molar-refractivity contribution in [2.75, 3.05) is 11.1 Å². The van der Waals surface area contributed by atoms with Gasteiger partial charge in [0.15, 0.2) is 0 Å². The maximum atomic E-state index is 12.1. The summed E-state index contributed by atoms with van der Waals surface area (Å²) in [6.45, 7) is 0. The number of carbonyl (C=O) groups is 1. The first-order valence-electron chi connectivity index (χ1n) is 7.84. The van der Waals surface area contributed by atoms with Crippen molar-refractivity contribution in [2.45, 2.75) is 36.6 Å². The molecular formula is C16H18N4O3S. The highest BCUT2D eigenvalue weighted by Gasteiger charge is 2.20. The van der Waals surface area contributed by atoms with Crippen LogP contribution in [0.3, 0.4) is 0 Å². The third-order valence-corrected chi connectivity index (χ3v) is 5.04. The van der Waals surface area contributed by atoms with Crippen molar-refractivity contribution < 1.29 is 9.72 Å². The molecule has 1 heterocycles. The van der Waals surface area contributed by atoms with E-state index in [1.54, 1.807) is 18.3 Å². The molecule has 7 nitrogen and oxygen atoms in total. The van der Waals surface area contributed by atoms with E-state index in [0.717, 1.165) is 23.6 Å². The minimum atomic E-state index is -0.439. The largest absolute Gasteiger partial charge is 0.310 e. The molecular weight excluding hydrogens is 328 g/mol. The van der Waals surface area contributed by atoms with E-state index in [9.17, 15) is 14.9 Å². The molecule has 0 atom stereocenters. The lowest BCUT2D eigenvalue weighted by Crippen LogP contribution is -2.19. The first-order chi connectivity index (χ1) is 11.6. The summed E-state index contributed by atoms with van der Waals surface area (Å²) in [6, 6.07) is 8.37. The maximum Gasteiger partial charge on any atom is 0.269 e. The number of hydrogen-bond donors (Lipinski definition) is 1. The number of non-ortho nitro benzene ring substituents is 1. The molecule has 1 fully saturated rings. The zero-order valence-corrected chi connectivity index (χ0v) is 13.9. The van der Waals surface area contributed by atoms with Gasteiger partial charge in [-0.05, 0) is 25.0 Å². The first-order valence-corrected chi connectivity index (χ1v) is 8.82. The van der Waals surface area contributed by atoms with E-state index >= 15 is 0 Å². The molecule has 2 aromatic rings. The van der Waals surface area contributed by atoms with Gasteiger partial charge in [-0.3, -0.25) is 14.9 Å². The average Bonchev–Trinajstić information content (AvgIpc) is 3.24. The van der Waals surface area contributed by atoms with Crippen molar-refractivity contribution >= 4 is 29.2 Å². The van der Waals surface area contributed by atoms with Gasteiger partial charge in [0.05, 0.1) is 22.9 Å². The van der Waals surface area contributed by atoms with Crippen molar-refractivity contribution in [1.82, 2.24) is 9.78 Å². The number of thioether (sulfide) groups is 1. The zero-order valence-electron chi connectivity index (χ0n) is 13.1. The third kappa shape index (κ3) is 3.94. The monoisotopic (exact) mass is 346 g/mol. The normalized spacial score (nSPS) is 14.7. The summed E-state index contributed by atoms with van der Waals surface area (Å²) in [7, 11) is 0. The van der Waals surface area contributed by atoms with Gasteiger partial charge in [-0.1, -0.05) is 12.8 Å². The molecule has 3 rings (SSSR count). The highest BCUT2D eigenvalue weighted by Crippen LogP contribution is 2.31. The molecule has 1 amide bonds. The summed E-state index contributed by atoms with van der Waals surface area (Å²) in [5, 5.41) is 17.9. The Bertz CT molecular complexity index is 723. The van der Waals surface area contributed by atoms with Crippen molar-refractivity contribution in [1.29, 1.82) is 0 Å². The van der Waals surface area contributed by atoms with Crippen LogP contribution in [0.5, 0.6) is 0 Å². The third-order valence-electron chi connectivity index (χ3n) is 4.03. The fraction of sp³-hybridized carbons (Fsp3) is 0.375. The summed E-state index contributed by atoms with van der Waals surface area (Å²) in [5.41, 5.74) is 0.0456. The van der Waals surface area contributed by atoms with Gasteiger partial charge in [-0.2, -0.15) is 5.10 Å². The second kappa shape index (κ2) is 7.48. The molecule has 1 saturated carbocycles. The summed E-state index contributed by atoms with van der Waals surface area (Å²) in [4.78, 5) is 23.1. The molecule has 1 aliphatic rings. The lowest BCUT2D eigenvalue weighted by molar-refractivity contribution is -0.384. The van der Waals surface area contributed by atoms with E-state index in [1.807, 2.05) is 10.7 Å². The number of benzene rings is 1. The summed E-state index contributed by atoms with van der Waals surface area (Å²) in [5.74, 6) is 0.863. The van der Waals surface area contributed by atoms with Gasteiger partial charge in [-0.15, -0.1) is 11.8 Å². The zero-order chi connectivity index (χ0) is 16.9. The van der Waals surface area contributed by atoms with Crippen LogP contribution in [0.15, 0.2) is 41.4 Å². The number of aromatic nitrogens is 2. The van der Waals surface area contributed by atoms with E-state index < -0.39 is 4.92 Å². The van der Waals surface area contributed by atoms with Crippen LogP contribution in [0.2, 0.25) is 0 Å². The Morgan fingerprint density at radius 2 is 2.00 bits per heavy atom. The molecule has 126 valence electrons. The summed E-state index contributed by atoms with van der Waals surface area (Å²) in [6.07, 6.45) is 6.31. The molecule has 0 saturated heterocycles. The summed E-state index contributed by atoms with van der Waals surface area (Å²) < 4.78 is 1.90. The number of nitrogens with zero attached hydrogens (tertiary/aromatic N) is 3. The molecule has 1 N–H and O–H groups in total. The number of amides is 1. The predicted molar refractivity (Wildman–Crippen MR) is 92.2 cm³/mol. The molecule has 0 aliphatic heterocycles. The Labute approximate surface area is 143 Å². The topological polar surface area (TPSA) is 90.1 Å². The van der Waals surface area contributed by atoms with Crippen LogP contribution in [0.4, 0.5) is 11.5 Å². The number of anilines is 1. The van der Waals surface area contributed by atoms with Gasteiger partial charge >= 0.3 is 0 Å². The van der Waals surface area contributed by atoms with Crippen LogP contribution in [-0.2, 0) is 4.79 Å². The van der Waals surface area contributed by atoms with Crippen LogP contribution in [0.25, 0.3) is 0 Å². The number of nitro benzene ring substituents is 1. The fourth-order valence-electron chi connectivity index (χ4n) is 2.84. The minimum Gasteiger partial charge on any atom is -0.310 e. The van der Waals surface area contributed by atoms with E-state index in [2.05, 4.69) is 10.4 Å². The van der Waals surface area contributed by atoms with Crippen LogP contribution < -0.4 is 5.32 Å². The quantitative estimate of drug-likeness (QED) is 0.490. The smallest absolute Gasteiger partial charge is 0.269 e. The second-order valence-electron chi connectivity index (χ2n) is 5.69. The molecule has 1 aromatic carbocycles. The van der Waals surface area contributed by atoms with E-state index in [1.165, 1.54) is 36.7 Å². The Hall–Kier alpha value is -2.35. The Morgan fingerprint density at radius 1 is 1.29 bits per heavy atom. The standard InChI is InChI=1S/C16H18N4O3S/c21-16(11-24-14-7-5-13(6-8-14)20(22)23)18-15-9-10-17-19(15)12-3-1-2-4-12/h5-10,12H,1-4,11H2,(H,18,21). The van der Waals surface area contributed by atoms with E-state index in [-0.39, 0.29) is 17.3 Å². The number of nitro groups is 1. The highest BCUT2D eigenvalue weighted by molar-refractivity contribution is 8.00. The molecule has 1 aliphatic carbocycles. The van der Waals surface area contributed by atoms with Gasteiger partial charge in [-0.25, -0.2) is 4.68 Å². The number of nitrogens with one attached hydrogen (secondary N) is 1. The van der Waals surface area contributed by atoms with Gasteiger partial charge in [0.25, 0.3) is 5.69 Å². The fourth-order valence-corrected chi connectivity index (χ4v) is 3.54.